The molecule has 0 unspecified atom stereocenters. The quantitative estimate of drug-likeness (QED) is 0.725. The van der Waals surface area contributed by atoms with Gasteiger partial charge >= 0.3 is 0 Å². The Balaban J connectivity index is 1.41. The summed E-state index contributed by atoms with van der Waals surface area (Å²) in [7, 11) is 0. The lowest BCUT2D eigenvalue weighted by atomic mass is 9.96. The summed E-state index contributed by atoms with van der Waals surface area (Å²) in [5, 5.41) is 1.84. The van der Waals surface area contributed by atoms with Crippen LogP contribution in [-0.2, 0) is 11.3 Å². The molecule has 1 aromatic heterocycles. The summed E-state index contributed by atoms with van der Waals surface area (Å²) in [6.45, 7) is 2.96. The Kier molecular flexibility index (Phi) is 5.61. The van der Waals surface area contributed by atoms with Crippen molar-refractivity contribution in [3.05, 3.63) is 58.3 Å². The lowest BCUT2D eigenvalue weighted by Crippen LogP contribution is -3.11. The standard InChI is InChI=1S/C18H21N3O2S/c22-17(19-20-18(23)16-7-4-12-24-16)15-8-10-21(11-9-15)13-14-5-2-1-3-6-14/h1-7,12,15H,8-11,13H2,(H,19,22)(H,20,23)/p+1. The predicted octanol–water partition coefficient (Wildman–Crippen LogP) is 1.00. The predicted molar refractivity (Wildman–Crippen MR) is 93.5 cm³/mol. The van der Waals surface area contributed by atoms with Gasteiger partial charge in [-0.3, -0.25) is 20.4 Å². The molecule has 0 aliphatic carbocycles. The fraction of sp³-hybridized carbons (Fsp3) is 0.333. The van der Waals surface area contributed by atoms with Crippen LogP contribution < -0.4 is 15.8 Å². The van der Waals surface area contributed by atoms with Gasteiger partial charge in [-0.1, -0.05) is 36.4 Å². The lowest BCUT2D eigenvalue weighted by molar-refractivity contribution is -0.919. The van der Waals surface area contributed by atoms with Crippen LogP contribution in [0.1, 0.15) is 28.1 Å². The van der Waals surface area contributed by atoms with Crippen molar-refractivity contribution in [2.45, 2.75) is 19.4 Å². The highest BCUT2D eigenvalue weighted by molar-refractivity contribution is 7.12. The Hall–Kier alpha value is -2.18. The van der Waals surface area contributed by atoms with E-state index in [1.807, 2.05) is 17.5 Å². The molecule has 1 saturated heterocycles. The Bertz CT molecular complexity index is 665. The molecule has 6 heteroatoms. The van der Waals surface area contributed by atoms with Crippen LogP contribution in [0.15, 0.2) is 47.8 Å². The van der Waals surface area contributed by atoms with E-state index in [0.717, 1.165) is 32.5 Å². The number of carbonyl (C=O) groups excluding carboxylic acids is 2. The average Bonchev–Trinajstić information content (AvgIpc) is 3.16. The summed E-state index contributed by atoms with van der Waals surface area (Å²) in [5.74, 6) is -0.364. The number of likely N-dealkylation sites (tertiary alicyclic amines) is 1. The minimum absolute atomic E-state index is 0.0202. The Morgan fingerprint density at radius 1 is 1.04 bits per heavy atom. The smallest absolute Gasteiger partial charge is 0.279 e. The van der Waals surface area contributed by atoms with Crippen molar-refractivity contribution in [1.82, 2.24) is 10.9 Å². The fourth-order valence-electron chi connectivity index (χ4n) is 3.04. The third kappa shape index (κ3) is 4.43. The molecule has 1 aliphatic heterocycles. The van der Waals surface area contributed by atoms with Crippen molar-refractivity contribution in [3.8, 4) is 0 Å². The molecule has 2 amide bonds. The highest BCUT2D eigenvalue weighted by Gasteiger charge is 2.27. The van der Waals surface area contributed by atoms with Gasteiger partial charge in [0, 0.05) is 18.4 Å². The second kappa shape index (κ2) is 8.08. The molecule has 5 nitrogen and oxygen atoms in total. The number of hydrogen-bond donors (Lipinski definition) is 3. The van der Waals surface area contributed by atoms with Gasteiger partial charge in [-0.25, -0.2) is 0 Å². The van der Waals surface area contributed by atoms with Crippen molar-refractivity contribution in [1.29, 1.82) is 0 Å². The van der Waals surface area contributed by atoms with Crippen LogP contribution >= 0.6 is 11.3 Å². The molecule has 3 N–H and O–H groups in total. The Morgan fingerprint density at radius 3 is 2.46 bits per heavy atom. The molecule has 0 saturated carbocycles. The lowest BCUT2D eigenvalue weighted by Gasteiger charge is -2.28. The molecule has 0 bridgehead atoms. The monoisotopic (exact) mass is 344 g/mol. The molecule has 1 aromatic carbocycles. The van der Waals surface area contributed by atoms with E-state index in [4.69, 9.17) is 0 Å². The Morgan fingerprint density at radius 2 is 1.79 bits per heavy atom. The SMILES string of the molecule is O=C(NNC(=O)C1CC[NH+](Cc2ccccc2)CC1)c1cccs1. The normalized spacial score (nSPS) is 20.3. The first-order chi connectivity index (χ1) is 11.7. The molecule has 2 heterocycles. The largest absolute Gasteiger partial charge is 0.331 e. The molecule has 1 fully saturated rings. The summed E-state index contributed by atoms with van der Waals surface area (Å²) in [6.07, 6.45) is 1.70. The van der Waals surface area contributed by atoms with Crippen LogP contribution in [0.25, 0.3) is 0 Å². The molecule has 2 aromatic rings. The molecule has 0 radical (unpaired) electrons. The summed E-state index contributed by atoms with van der Waals surface area (Å²) >= 11 is 1.35. The van der Waals surface area contributed by atoms with Gasteiger partial charge in [-0.2, -0.15) is 0 Å². The summed E-state index contributed by atoms with van der Waals surface area (Å²) in [4.78, 5) is 26.1. The zero-order valence-electron chi connectivity index (χ0n) is 13.5. The molecule has 0 spiro atoms. The van der Waals surface area contributed by atoms with Crippen molar-refractivity contribution in [3.63, 3.8) is 0 Å². The van der Waals surface area contributed by atoms with Crippen molar-refractivity contribution >= 4 is 23.2 Å². The van der Waals surface area contributed by atoms with Gasteiger partial charge in [-0.05, 0) is 11.4 Å². The number of carbonyl (C=O) groups is 2. The van der Waals surface area contributed by atoms with E-state index < -0.39 is 0 Å². The number of piperidine rings is 1. The maximum Gasteiger partial charge on any atom is 0.279 e. The van der Waals surface area contributed by atoms with Gasteiger partial charge in [0.2, 0.25) is 5.91 Å². The second-order valence-corrected chi connectivity index (χ2v) is 7.06. The maximum absolute atomic E-state index is 12.2. The van der Waals surface area contributed by atoms with Crippen molar-refractivity contribution in [2.75, 3.05) is 13.1 Å². The second-order valence-electron chi connectivity index (χ2n) is 6.11. The molecule has 24 heavy (non-hydrogen) atoms. The highest BCUT2D eigenvalue weighted by atomic mass is 32.1. The summed E-state index contributed by atoms with van der Waals surface area (Å²) < 4.78 is 0. The van der Waals surface area contributed by atoms with Crippen LogP contribution in [0.4, 0.5) is 0 Å². The van der Waals surface area contributed by atoms with E-state index in [1.54, 1.807) is 6.07 Å². The van der Waals surface area contributed by atoms with Crippen LogP contribution in [0.5, 0.6) is 0 Å². The first-order valence-electron chi connectivity index (χ1n) is 8.23. The van der Waals surface area contributed by atoms with E-state index in [2.05, 4.69) is 35.1 Å². The molecular weight excluding hydrogens is 322 g/mol. The van der Waals surface area contributed by atoms with Gasteiger partial charge in [-0.15, -0.1) is 11.3 Å². The maximum atomic E-state index is 12.2. The zero-order chi connectivity index (χ0) is 16.8. The van der Waals surface area contributed by atoms with E-state index in [-0.39, 0.29) is 17.7 Å². The number of nitrogens with one attached hydrogen (secondary N) is 3. The average molecular weight is 344 g/mol. The molecule has 1 aliphatic rings. The Labute approximate surface area is 145 Å². The minimum atomic E-state index is -0.259. The first kappa shape index (κ1) is 16.7. The van der Waals surface area contributed by atoms with Crippen LogP contribution in [0.2, 0.25) is 0 Å². The van der Waals surface area contributed by atoms with Crippen molar-refractivity contribution in [2.24, 2.45) is 5.92 Å². The third-order valence-electron chi connectivity index (χ3n) is 4.40. The number of rotatable bonds is 4. The van der Waals surface area contributed by atoms with Crippen molar-refractivity contribution < 1.29 is 14.5 Å². The summed E-state index contributed by atoms with van der Waals surface area (Å²) in [6, 6.07) is 14.0. The fourth-order valence-corrected chi connectivity index (χ4v) is 3.66. The third-order valence-corrected chi connectivity index (χ3v) is 5.27. The van der Waals surface area contributed by atoms with Crippen LogP contribution in [0, 0.1) is 5.92 Å². The van der Waals surface area contributed by atoms with Crippen LogP contribution in [0.3, 0.4) is 0 Å². The van der Waals surface area contributed by atoms with E-state index in [0.29, 0.717) is 4.88 Å². The van der Waals surface area contributed by atoms with Gasteiger partial charge in [0.25, 0.3) is 5.91 Å². The van der Waals surface area contributed by atoms with Crippen LogP contribution in [-0.4, -0.2) is 24.9 Å². The topological polar surface area (TPSA) is 62.6 Å². The number of amides is 2. The molecule has 126 valence electrons. The summed E-state index contributed by atoms with van der Waals surface area (Å²) in [5.41, 5.74) is 6.39. The molecular formula is C18H22N3O2S+. The highest BCUT2D eigenvalue weighted by Crippen LogP contribution is 2.10. The van der Waals surface area contributed by atoms with E-state index in [1.165, 1.54) is 21.8 Å². The van der Waals surface area contributed by atoms with Gasteiger partial charge in [0.1, 0.15) is 6.54 Å². The van der Waals surface area contributed by atoms with E-state index >= 15 is 0 Å². The zero-order valence-corrected chi connectivity index (χ0v) is 14.3. The molecule has 0 atom stereocenters. The van der Waals surface area contributed by atoms with Gasteiger partial charge in [0.05, 0.1) is 23.9 Å². The molecule has 3 rings (SSSR count). The number of hydrazine groups is 1. The number of hydrogen-bond acceptors (Lipinski definition) is 3. The number of benzene rings is 1. The number of quaternary nitrogens is 1. The first-order valence-corrected chi connectivity index (χ1v) is 9.11. The van der Waals surface area contributed by atoms with E-state index in [9.17, 15) is 9.59 Å². The van der Waals surface area contributed by atoms with Gasteiger partial charge < -0.3 is 4.90 Å². The minimum Gasteiger partial charge on any atom is -0.331 e. The number of thiophene rings is 1. The van der Waals surface area contributed by atoms with Gasteiger partial charge in [0.15, 0.2) is 0 Å².